The third kappa shape index (κ3) is 4.31. The molecule has 0 fully saturated rings. The van der Waals surface area contributed by atoms with E-state index in [1.807, 2.05) is 6.92 Å². The predicted molar refractivity (Wildman–Crippen MR) is 77.4 cm³/mol. The maximum atomic E-state index is 5.48. The number of rotatable bonds is 6. The summed E-state index contributed by atoms with van der Waals surface area (Å²) in [5.41, 5.74) is 3.58. The summed E-state index contributed by atoms with van der Waals surface area (Å²) in [5, 5.41) is 3.37. The van der Waals surface area contributed by atoms with Gasteiger partial charge in [-0.15, -0.1) is 0 Å². The minimum Gasteiger partial charge on any atom is -0.375 e. The summed E-state index contributed by atoms with van der Waals surface area (Å²) in [7, 11) is 0. The summed E-state index contributed by atoms with van der Waals surface area (Å²) in [4.78, 5) is 8.78. The van der Waals surface area contributed by atoms with Gasteiger partial charge in [-0.2, -0.15) is 0 Å². The zero-order chi connectivity index (χ0) is 13.5. The van der Waals surface area contributed by atoms with Crippen molar-refractivity contribution in [2.24, 2.45) is 0 Å². The molecule has 0 atom stereocenters. The molecule has 0 aliphatic heterocycles. The average molecular weight is 261 g/mol. The maximum absolute atomic E-state index is 5.48. The molecule has 1 aliphatic rings. The molecule has 4 heteroatoms. The Morgan fingerprint density at radius 2 is 2.16 bits per heavy atom. The molecular weight excluding hydrogens is 238 g/mol. The number of aromatic nitrogens is 2. The van der Waals surface area contributed by atoms with Gasteiger partial charge in [0.2, 0.25) is 0 Å². The molecule has 1 aromatic rings. The molecule has 0 saturated heterocycles. The first-order valence-electron chi connectivity index (χ1n) is 7.06. The van der Waals surface area contributed by atoms with Gasteiger partial charge in [-0.25, -0.2) is 9.97 Å². The number of anilines is 1. The Bertz CT molecular complexity index is 431. The molecule has 4 nitrogen and oxygen atoms in total. The second-order valence-corrected chi connectivity index (χ2v) is 5.14. The molecule has 1 aliphatic carbocycles. The summed E-state index contributed by atoms with van der Waals surface area (Å²) in [5.74, 6) is 0.992. The smallest absolute Gasteiger partial charge is 0.132 e. The van der Waals surface area contributed by atoms with Crippen molar-refractivity contribution in [1.29, 1.82) is 0 Å². The molecule has 2 rings (SSSR count). The molecule has 0 unspecified atom stereocenters. The topological polar surface area (TPSA) is 47.0 Å². The average Bonchev–Trinajstić information content (AvgIpc) is 2.63. The minimum absolute atomic E-state index is 0.629. The van der Waals surface area contributed by atoms with E-state index in [0.29, 0.717) is 13.2 Å². The lowest BCUT2D eigenvalue weighted by atomic mass is 10.1. The van der Waals surface area contributed by atoms with Crippen molar-refractivity contribution in [2.75, 3.05) is 25.1 Å². The molecule has 1 aromatic heterocycles. The second-order valence-electron chi connectivity index (χ2n) is 5.14. The van der Waals surface area contributed by atoms with Gasteiger partial charge < -0.3 is 10.1 Å². The highest BCUT2D eigenvalue weighted by atomic mass is 16.5. The van der Waals surface area contributed by atoms with Crippen LogP contribution in [-0.2, 0) is 17.6 Å². The third-order valence-corrected chi connectivity index (χ3v) is 3.26. The van der Waals surface area contributed by atoms with Crippen LogP contribution in [0.25, 0.3) is 0 Å². The van der Waals surface area contributed by atoms with Gasteiger partial charge in [0, 0.05) is 17.8 Å². The standard InChI is InChI=1S/C15H23N3O/c1-12(2)10-19-9-8-16-15-13-6-4-3-5-7-14(13)17-11-18-15/h11H,1,3-10H2,2H3,(H,16,17,18). The molecule has 1 heterocycles. The molecular formula is C15H23N3O. The van der Waals surface area contributed by atoms with Crippen LogP contribution >= 0.6 is 0 Å². The van der Waals surface area contributed by atoms with Crippen LogP contribution in [0, 0.1) is 0 Å². The van der Waals surface area contributed by atoms with Gasteiger partial charge in [0.05, 0.1) is 13.2 Å². The van der Waals surface area contributed by atoms with Crippen LogP contribution in [-0.4, -0.2) is 29.7 Å². The highest BCUT2D eigenvalue weighted by Gasteiger charge is 2.13. The molecule has 0 saturated carbocycles. The fraction of sp³-hybridized carbons (Fsp3) is 0.600. The molecule has 0 bridgehead atoms. The number of fused-ring (bicyclic) bond motifs is 1. The van der Waals surface area contributed by atoms with Crippen LogP contribution in [0.5, 0.6) is 0 Å². The van der Waals surface area contributed by atoms with Gasteiger partial charge in [0.25, 0.3) is 0 Å². The maximum Gasteiger partial charge on any atom is 0.132 e. The van der Waals surface area contributed by atoms with E-state index in [2.05, 4.69) is 21.9 Å². The van der Waals surface area contributed by atoms with E-state index >= 15 is 0 Å². The minimum atomic E-state index is 0.629. The van der Waals surface area contributed by atoms with Gasteiger partial charge in [-0.1, -0.05) is 18.6 Å². The normalized spacial score (nSPS) is 14.6. The van der Waals surface area contributed by atoms with E-state index in [1.165, 1.54) is 30.5 Å². The quantitative estimate of drug-likeness (QED) is 0.486. The highest BCUT2D eigenvalue weighted by molar-refractivity contribution is 5.46. The zero-order valence-electron chi connectivity index (χ0n) is 11.7. The van der Waals surface area contributed by atoms with E-state index in [0.717, 1.165) is 30.8 Å². The van der Waals surface area contributed by atoms with Crippen LogP contribution in [0.4, 0.5) is 5.82 Å². The molecule has 0 aromatic carbocycles. The number of nitrogens with zero attached hydrogens (tertiary/aromatic N) is 2. The van der Waals surface area contributed by atoms with Gasteiger partial charge >= 0.3 is 0 Å². The SMILES string of the molecule is C=C(C)COCCNc1ncnc2c1CCCCC2. The van der Waals surface area contributed by atoms with Crippen LogP contribution in [0.3, 0.4) is 0 Å². The van der Waals surface area contributed by atoms with E-state index in [-0.39, 0.29) is 0 Å². The number of aryl methyl sites for hydroxylation is 1. The largest absolute Gasteiger partial charge is 0.375 e. The van der Waals surface area contributed by atoms with Crippen molar-refractivity contribution >= 4 is 5.82 Å². The van der Waals surface area contributed by atoms with E-state index in [9.17, 15) is 0 Å². The zero-order valence-corrected chi connectivity index (χ0v) is 11.7. The first-order valence-corrected chi connectivity index (χ1v) is 7.06. The van der Waals surface area contributed by atoms with Crippen LogP contribution in [0.1, 0.15) is 37.4 Å². The molecule has 104 valence electrons. The van der Waals surface area contributed by atoms with E-state index in [1.54, 1.807) is 6.33 Å². The van der Waals surface area contributed by atoms with Crippen LogP contribution < -0.4 is 5.32 Å². The molecule has 1 N–H and O–H groups in total. The first kappa shape index (κ1) is 14.0. The summed E-state index contributed by atoms with van der Waals surface area (Å²) >= 11 is 0. The Morgan fingerprint density at radius 1 is 1.32 bits per heavy atom. The Labute approximate surface area is 115 Å². The van der Waals surface area contributed by atoms with Crippen molar-refractivity contribution in [3.63, 3.8) is 0 Å². The Kier molecular flexibility index (Phi) is 5.33. The number of ether oxygens (including phenoxy) is 1. The summed E-state index contributed by atoms with van der Waals surface area (Å²) < 4.78 is 5.48. The molecule has 0 spiro atoms. The number of nitrogens with one attached hydrogen (secondary N) is 1. The molecule has 0 amide bonds. The fourth-order valence-electron chi connectivity index (χ4n) is 2.34. The van der Waals surface area contributed by atoms with Crippen molar-refractivity contribution in [1.82, 2.24) is 9.97 Å². The van der Waals surface area contributed by atoms with Crippen LogP contribution in [0.15, 0.2) is 18.5 Å². The van der Waals surface area contributed by atoms with Crippen LogP contribution in [0.2, 0.25) is 0 Å². The lowest BCUT2D eigenvalue weighted by Gasteiger charge is -2.12. The van der Waals surface area contributed by atoms with Gasteiger partial charge in [-0.3, -0.25) is 0 Å². The van der Waals surface area contributed by atoms with Gasteiger partial charge in [0.1, 0.15) is 12.1 Å². The van der Waals surface area contributed by atoms with Gasteiger partial charge in [0.15, 0.2) is 0 Å². The summed E-state index contributed by atoms with van der Waals surface area (Å²) in [6.07, 6.45) is 7.61. The number of hydrogen-bond donors (Lipinski definition) is 1. The lowest BCUT2D eigenvalue weighted by molar-refractivity contribution is 0.167. The Balaban J connectivity index is 1.88. The third-order valence-electron chi connectivity index (χ3n) is 3.26. The van der Waals surface area contributed by atoms with E-state index < -0.39 is 0 Å². The molecule has 0 radical (unpaired) electrons. The predicted octanol–water partition coefficient (Wildman–Crippen LogP) is 2.75. The van der Waals surface area contributed by atoms with Crippen molar-refractivity contribution in [2.45, 2.75) is 39.0 Å². The molecule has 19 heavy (non-hydrogen) atoms. The van der Waals surface area contributed by atoms with Crippen molar-refractivity contribution in [3.05, 3.63) is 29.7 Å². The summed E-state index contributed by atoms with van der Waals surface area (Å²) in [6.45, 7) is 7.86. The van der Waals surface area contributed by atoms with Crippen molar-refractivity contribution < 1.29 is 4.74 Å². The Hall–Kier alpha value is -1.42. The van der Waals surface area contributed by atoms with Gasteiger partial charge in [-0.05, 0) is 32.6 Å². The fourth-order valence-corrected chi connectivity index (χ4v) is 2.34. The highest BCUT2D eigenvalue weighted by Crippen LogP contribution is 2.23. The lowest BCUT2D eigenvalue weighted by Crippen LogP contribution is -2.14. The second kappa shape index (κ2) is 7.24. The van der Waals surface area contributed by atoms with Crippen molar-refractivity contribution in [3.8, 4) is 0 Å². The Morgan fingerprint density at radius 3 is 3.00 bits per heavy atom. The number of hydrogen-bond acceptors (Lipinski definition) is 4. The summed E-state index contributed by atoms with van der Waals surface area (Å²) in [6, 6.07) is 0. The first-order chi connectivity index (χ1) is 9.27. The van der Waals surface area contributed by atoms with E-state index in [4.69, 9.17) is 4.74 Å². The monoisotopic (exact) mass is 261 g/mol.